The van der Waals surface area contributed by atoms with E-state index < -0.39 is 18.6 Å². The van der Waals surface area contributed by atoms with Gasteiger partial charge in [-0.1, -0.05) is 13.0 Å². The summed E-state index contributed by atoms with van der Waals surface area (Å²) in [6, 6.07) is 5.07. The molecule has 22 heavy (non-hydrogen) atoms. The van der Waals surface area contributed by atoms with Crippen molar-refractivity contribution in [2.75, 3.05) is 23.7 Å². The van der Waals surface area contributed by atoms with Crippen LogP contribution in [0.3, 0.4) is 0 Å². The Morgan fingerprint density at radius 3 is 2.45 bits per heavy atom. The van der Waals surface area contributed by atoms with E-state index in [0.29, 0.717) is 17.8 Å². The normalized spacial score (nSPS) is 11.0. The lowest BCUT2D eigenvalue weighted by molar-refractivity contribution is -0.137. The van der Waals surface area contributed by atoms with Crippen LogP contribution in [0, 0.1) is 6.92 Å². The molecule has 0 spiro atoms. The van der Waals surface area contributed by atoms with E-state index in [9.17, 15) is 22.8 Å². The number of carbonyl (C=O) groups is 2. The molecule has 0 aliphatic heterocycles. The molecule has 0 aliphatic carbocycles. The molecule has 0 saturated heterocycles. The molecule has 0 saturated carbocycles. The summed E-state index contributed by atoms with van der Waals surface area (Å²) in [5.74, 6) is -0.919. The number of hydrogen-bond donors (Lipinski definition) is 3. The van der Waals surface area contributed by atoms with Gasteiger partial charge in [0.05, 0.1) is 6.54 Å². The average Bonchev–Trinajstić information content (AvgIpc) is 2.44. The minimum atomic E-state index is -4.43. The van der Waals surface area contributed by atoms with Gasteiger partial charge in [-0.15, -0.1) is 0 Å². The first kappa shape index (κ1) is 17.8. The van der Waals surface area contributed by atoms with Gasteiger partial charge in [0.15, 0.2) is 0 Å². The molecular weight excluding hydrogens is 299 g/mol. The van der Waals surface area contributed by atoms with Gasteiger partial charge in [0.2, 0.25) is 11.8 Å². The van der Waals surface area contributed by atoms with Crippen LogP contribution in [0.5, 0.6) is 0 Å². The lowest BCUT2D eigenvalue weighted by atomic mass is 10.1. The van der Waals surface area contributed by atoms with Gasteiger partial charge in [-0.05, 0) is 24.6 Å². The Morgan fingerprint density at radius 1 is 1.18 bits per heavy atom. The third kappa shape index (κ3) is 6.47. The van der Waals surface area contributed by atoms with Crippen molar-refractivity contribution in [2.45, 2.75) is 26.4 Å². The number of alkyl halides is 3. The molecule has 122 valence electrons. The predicted molar refractivity (Wildman–Crippen MR) is 77.7 cm³/mol. The van der Waals surface area contributed by atoms with Crippen molar-refractivity contribution in [3.63, 3.8) is 0 Å². The first-order valence-electron chi connectivity index (χ1n) is 6.69. The van der Waals surface area contributed by atoms with Crippen molar-refractivity contribution in [1.82, 2.24) is 5.32 Å². The van der Waals surface area contributed by atoms with E-state index in [2.05, 4.69) is 10.6 Å². The highest BCUT2D eigenvalue weighted by Crippen LogP contribution is 2.20. The number of hydrogen-bond acceptors (Lipinski definition) is 3. The maximum Gasteiger partial charge on any atom is 0.405 e. The van der Waals surface area contributed by atoms with Crippen molar-refractivity contribution in [1.29, 1.82) is 0 Å². The quantitative estimate of drug-likeness (QED) is 0.755. The third-order valence-corrected chi connectivity index (χ3v) is 2.77. The predicted octanol–water partition coefficient (Wildman–Crippen LogP) is 2.43. The van der Waals surface area contributed by atoms with E-state index in [0.717, 1.165) is 5.56 Å². The van der Waals surface area contributed by atoms with Crippen LogP contribution in [-0.4, -0.2) is 31.1 Å². The van der Waals surface area contributed by atoms with Gasteiger partial charge in [0.1, 0.15) is 6.54 Å². The number of benzene rings is 1. The number of nitrogens with one attached hydrogen (secondary N) is 3. The monoisotopic (exact) mass is 317 g/mol. The zero-order valence-corrected chi connectivity index (χ0v) is 12.3. The number of carbonyl (C=O) groups excluding carboxylic acids is 2. The van der Waals surface area contributed by atoms with E-state index in [1.807, 2.05) is 0 Å². The van der Waals surface area contributed by atoms with Crippen LogP contribution in [0.1, 0.15) is 18.9 Å². The van der Waals surface area contributed by atoms with Crippen molar-refractivity contribution in [2.24, 2.45) is 0 Å². The standard InChI is InChI=1S/C14H18F3N3O2/c1-3-12(21)20-10-5-4-9(2)11(6-10)18-7-13(22)19-8-14(15,16)17/h4-6,18H,3,7-8H2,1-2H3,(H,19,22)(H,20,21). The zero-order valence-electron chi connectivity index (χ0n) is 12.3. The number of anilines is 2. The summed E-state index contributed by atoms with van der Waals surface area (Å²) >= 11 is 0. The van der Waals surface area contributed by atoms with Crippen LogP contribution < -0.4 is 16.0 Å². The molecule has 0 unspecified atom stereocenters. The summed E-state index contributed by atoms with van der Waals surface area (Å²) in [4.78, 5) is 22.7. The fourth-order valence-electron chi connectivity index (χ4n) is 1.58. The Hall–Kier alpha value is -2.25. The van der Waals surface area contributed by atoms with Crippen molar-refractivity contribution < 1.29 is 22.8 Å². The lowest BCUT2D eigenvalue weighted by Crippen LogP contribution is -2.37. The number of amides is 2. The Labute approximate surface area is 126 Å². The molecule has 3 N–H and O–H groups in total. The van der Waals surface area contributed by atoms with Gasteiger partial charge in [-0.25, -0.2) is 0 Å². The van der Waals surface area contributed by atoms with E-state index in [1.165, 1.54) is 0 Å². The van der Waals surface area contributed by atoms with Gasteiger partial charge < -0.3 is 16.0 Å². The van der Waals surface area contributed by atoms with Gasteiger partial charge in [-0.2, -0.15) is 13.2 Å². The molecule has 1 aromatic rings. The Balaban J connectivity index is 2.59. The highest BCUT2D eigenvalue weighted by Gasteiger charge is 2.27. The first-order chi connectivity index (χ1) is 10.2. The molecule has 1 rings (SSSR count). The van der Waals surface area contributed by atoms with Gasteiger partial charge in [0, 0.05) is 17.8 Å². The van der Waals surface area contributed by atoms with Gasteiger partial charge in [0.25, 0.3) is 0 Å². The summed E-state index contributed by atoms with van der Waals surface area (Å²) in [5.41, 5.74) is 1.92. The number of rotatable bonds is 6. The molecule has 5 nitrogen and oxygen atoms in total. The minimum Gasteiger partial charge on any atom is -0.376 e. The van der Waals surface area contributed by atoms with Crippen LogP contribution >= 0.6 is 0 Å². The number of aryl methyl sites for hydroxylation is 1. The average molecular weight is 317 g/mol. The van der Waals surface area contributed by atoms with Crippen LogP contribution in [0.25, 0.3) is 0 Å². The summed E-state index contributed by atoms with van der Waals surface area (Å²) in [6.07, 6.45) is -4.10. The van der Waals surface area contributed by atoms with Crippen molar-refractivity contribution >= 4 is 23.2 Å². The van der Waals surface area contributed by atoms with E-state index in [-0.39, 0.29) is 12.5 Å². The smallest absolute Gasteiger partial charge is 0.376 e. The Kier molecular flexibility index (Phi) is 6.21. The summed E-state index contributed by atoms with van der Waals surface area (Å²) < 4.78 is 35.9. The van der Waals surface area contributed by atoms with Gasteiger partial charge >= 0.3 is 6.18 Å². The summed E-state index contributed by atoms with van der Waals surface area (Å²) in [7, 11) is 0. The van der Waals surface area contributed by atoms with Crippen LogP contribution in [0.2, 0.25) is 0 Å². The molecule has 0 radical (unpaired) electrons. The topological polar surface area (TPSA) is 70.2 Å². The van der Waals surface area contributed by atoms with E-state index >= 15 is 0 Å². The molecule has 0 bridgehead atoms. The number of halogens is 3. The highest BCUT2D eigenvalue weighted by molar-refractivity contribution is 5.91. The fourth-order valence-corrected chi connectivity index (χ4v) is 1.58. The van der Waals surface area contributed by atoms with Crippen LogP contribution in [0.15, 0.2) is 18.2 Å². The maximum absolute atomic E-state index is 12.0. The second-order valence-electron chi connectivity index (χ2n) is 4.68. The molecule has 0 fully saturated rings. The molecule has 1 aromatic carbocycles. The molecule has 0 aromatic heterocycles. The summed E-state index contributed by atoms with van der Waals surface area (Å²) in [6.45, 7) is 1.84. The first-order valence-corrected chi connectivity index (χ1v) is 6.69. The SMILES string of the molecule is CCC(=O)Nc1ccc(C)c(NCC(=O)NCC(F)(F)F)c1. The second kappa shape index (κ2) is 7.67. The Morgan fingerprint density at radius 2 is 1.86 bits per heavy atom. The highest BCUT2D eigenvalue weighted by atomic mass is 19.4. The van der Waals surface area contributed by atoms with Crippen molar-refractivity contribution in [3.8, 4) is 0 Å². The largest absolute Gasteiger partial charge is 0.405 e. The molecule has 0 atom stereocenters. The Bertz CT molecular complexity index is 545. The minimum absolute atomic E-state index is 0.155. The molecular formula is C14H18F3N3O2. The molecule has 0 heterocycles. The molecule has 2 amide bonds. The van der Waals surface area contributed by atoms with Gasteiger partial charge in [-0.3, -0.25) is 9.59 Å². The summed E-state index contributed by atoms with van der Waals surface area (Å²) in [5, 5.41) is 7.19. The second-order valence-corrected chi connectivity index (χ2v) is 4.68. The van der Waals surface area contributed by atoms with E-state index in [1.54, 1.807) is 37.4 Å². The fraction of sp³-hybridized carbons (Fsp3) is 0.429. The molecule has 0 aliphatic rings. The van der Waals surface area contributed by atoms with Crippen LogP contribution in [-0.2, 0) is 9.59 Å². The maximum atomic E-state index is 12.0. The molecule has 8 heteroatoms. The third-order valence-electron chi connectivity index (χ3n) is 2.77. The lowest BCUT2D eigenvalue weighted by Gasteiger charge is -2.13. The zero-order chi connectivity index (χ0) is 16.8. The van der Waals surface area contributed by atoms with E-state index in [4.69, 9.17) is 0 Å². The van der Waals surface area contributed by atoms with Crippen LogP contribution in [0.4, 0.5) is 24.5 Å². The van der Waals surface area contributed by atoms with Crippen molar-refractivity contribution in [3.05, 3.63) is 23.8 Å².